The number of aromatic nitrogens is 11. The molecule has 3 aliphatic heterocycles. The van der Waals surface area contributed by atoms with Crippen LogP contribution < -0.4 is 16.0 Å². The normalized spacial score (nSPS) is 13.3. The van der Waals surface area contributed by atoms with Crippen LogP contribution in [-0.4, -0.2) is 115 Å². The molecule has 0 fully saturated rings. The van der Waals surface area contributed by atoms with Gasteiger partial charge in [0.25, 0.3) is 50.5 Å². The number of nitrogens with zero attached hydrogens (tertiary/aromatic N) is 8. The van der Waals surface area contributed by atoms with Crippen molar-refractivity contribution in [3.8, 4) is 68.3 Å². The van der Waals surface area contributed by atoms with Crippen molar-refractivity contribution in [3.63, 3.8) is 0 Å². The Kier molecular flexibility index (Phi) is 11.0. The first-order chi connectivity index (χ1) is 35.2. The Morgan fingerprint density at radius 1 is 0.480 bits per heavy atom. The van der Waals surface area contributed by atoms with Crippen molar-refractivity contribution in [1.29, 1.82) is 5.41 Å². The molecule has 75 heavy (non-hydrogen) atoms. The molecule has 0 radical (unpaired) electrons. The van der Waals surface area contributed by atoms with Crippen LogP contribution in [-0.2, 0) is 50.5 Å². The highest BCUT2D eigenvalue weighted by molar-refractivity contribution is 7.93. The minimum Gasteiger partial charge on any atom is -0.325 e. The van der Waals surface area contributed by atoms with Gasteiger partial charge in [-0.15, -0.1) is 0 Å². The summed E-state index contributed by atoms with van der Waals surface area (Å²) in [6.45, 7) is 0. The number of fused-ring (bicyclic) bond motifs is 20. The van der Waals surface area contributed by atoms with Gasteiger partial charge in [0.1, 0.15) is 22.0 Å². The Balaban J connectivity index is 1.18. The van der Waals surface area contributed by atoms with E-state index in [9.17, 15) is 60.3 Å². The van der Waals surface area contributed by atoms with E-state index < -0.39 is 86.3 Å². The first kappa shape index (κ1) is 49.0. The van der Waals surface area contributed by atoms with Gasteiger partial charge in [0.05, 0.1) is 31.0 Å². The number of nitrogens with one attached hydrogen (secondary N) is 6. The number of hydrogen-bond acceptors (Lipinski definition) is 19. The zero-order valence-electron chi connectivity index (χ0n) is 36.5. The SMILES string of the molecule is N=c1nc(Cl)[nH]c(=Nc2ccc(S(=O)(=O)O)c(NS(=O)(=O)c3ccc4c5[nH]c6nc(nc7nc(nc8nc(nc([nH]5)c4c3)-c3ccc(S(=O)(=O)O)cc3-8)-c3ccc(S(=O)(=O)O)cc3-7)-c3cc(S(=O)(=O)O)ccc3-6)c2)[nH]1. The van der Waals surface area contributed by atoms with Crippen molar-refractivity contribution >= 4 is 95.5 Å². The number of H-pyrrole nitrogens is 4. The Bertz CT molecular complexity index is 4890. The van der Waals surface area contributed by atoms with Gasteiger partial charge < -0.3 is 15.0 Å². The van der Waals surface area contributed by atoms with Gasteiger partial charge in [-0.2, -0.15) is 38.7 Å². The lowest BCUT2D eigenvalue weighted by Gasteiger charge is -2.12. The van der Waals surface area contributed by atoms with Crippen molar-refractivity contribution in [2.45, 2.75) is 24.5 Å². The summed E-state index contributed by atoms with van der Waals surface area (Å²) >= 11 is 5.90. The molecule has 11 rings (SSSR count). The van der Waals surface area contributed by atoms with E-state index >= 15 is 0 Å². The Morgan fingerprint density at radius 3 is 1.53 bits per heavy atom. The van der Waals surface area contributed by atoms with Crippen LogP contribution in [0.1, 0.15) is 0 Å². The van der Waals surface area contributed by atoms with Crippen LogP contribution in [0.3, 0.4) is 0 Å². The molecule has 34 heteroatoms. The zero-order chi connectivity index (χ0) is 53.3. The second-order valence-electron chi connectivity index (χ2n) is 16.1. The fourth-order valence-electron chi connectivity index (χ4n) is 8.04. The van der Waals surface area contributed by atoms with Crippen LogP contribution in [0.15, 0.2) is 120 Å². The van der Waals surface area contributed by atoms with Crippen LogP contribution >= 0.6 is 11.6 Å². The molecular formula is C41H25ClN14O14S5. The average molecular weight is 1130 g/mol. The van der Waals surface area contributed by atoms with Gasteiger partial charge >= 0.3 is 0 Å². The van der Waals surface area contributed by atoms with Crippen LogP contribution in [0.5, 0.6) is 0 Å². The Hall–Kier alpha value is -8.25. The minimum absolute atomic E-state index is 0.00786. The molecule has 0 saturated carbocycles. The van der Waals surface area contributed by atoms with Gasteiger partial charge in [-0.25, -0.2) is 43.3 Å². The smallest absolute Gasteiger partial charge is 0.296 e. The lowest BCUT2D eigenvalue weighted by Crippen LogP contribution is -2.25. The summed E-state index contributed by atoms with van der Waals surface area (Å²) in [6, 6.07) is 16.6. The van der Waals surface area contributed by atoms with Gasteiger partial charge in [0.15, 0.2) is 29.1 Å². The largest absolute Gasteiger partial charge is 0.325 e. The third-order valence-electron chi connectivity index (χ3n) is 11.3. The van der Waals surface area contributed by atoms with Crippen LogP contribution in [0.4, 0.5) is 11.4 Å². The van der Waals surface area contributed by atoms with E-state index in [-0.39, 0.29) is 107 Å². The molecule has 8 aromatic rings. The highest BCUT2D eigenvalue weighted by Gasteiger charge is 2.30. The van der Waals surface area contributed by atoms with Gasteiger partial charge in [-0.1, -0.05) is 0 Å². The van der Waals surface area contributed by atoms with Crippen LogP contribution in [0.25, 0.3) is 90.4 Å². The molecule has 3 aromatic heterocycles. The summed E-state index contributed by atoms with van der Waals surface area (Å²) in [6.07, 6.45) is 0. The maximum Gasteiger partial charge on any atom is 0.296 e. The molecule has 0 spiro atoms. The number of rotatable bonds is 8. The lowest BCUT2D eigenvalue weighted by atomic mass is 10.1. The van der Waals surface area contributed by atoms with E-state index in [4.69, 9.17) is 22.0 Å². The molecule has 6 heterocycles. The molecular weight excluding hydrogens is 1110 g/mol. The van der Waals surface area contributed by atoms with Gasteiger partial charge in [-0.3, -0.25) is 33.3 Å². The minimum atomic E-state index is -5.10. The van der Waals surface area contributed by atoms with Crippen molar-refractivity contribution in [2.75, 3.05) is 4.72 Å². The van der Waals surface area contributed by atoms with E-state index in [1.54, 1.807) is 0 Å². The summed E-state index contributed by atoms with van der Waals surface area (Å²) in [7, 11) is -24.5. The number of halogens is 1. The Labute approximate surface area is 423 Å². The highest BCUT2D eigenvalue weighted by Crippen LogP contribution is 2.42. The molecule has 0 atom stereocenters. The maximum absolute atomic E-state index is 14.3. The maximum atomic E-state index is 14.3. The molecule has 8 bridgehead atoms. The lowest BCUT2D eigenvalue weighted by molar-refractivity contribution is 0.481. The topological polar surface area (TPSA) is 453 Å². The number of anilines is 1. The fraction of sp³-hybridized carbons (Fsp3) is 0. The van der Waals surface area contributed by atoms with E-state index in [2.05, 4.69) is 59.6 Å². The number of sulfonamides is 1. The summed E-state index contributed by atoms with van der Waals surface area (Å²) in [5.74, 6) is -1.22. The third kappa shape index (κ3) is 9.06. The molecule has 10 N–H and O–H groups in total. The quantitative estimate of drug-likeness (QED) is 0.0962. The van der Waals surface area contributed by atoms with Gasteiger partial charge in [-0.05, 0) is 103 Å². The van der Waals surface area contributed by atoms with E-state index in [0.29, 0.717) is 0 Å². The predicted molar refractivity (Wildman–Crippen MR) is 260 cm³/mol. The van der Waals surface area contributed by atoms with Crippen LogP contribution in [0, 0.1) is 5.41 Å². The van der Waals surface area contributed by atoms with E-state index in [1.165, 1.54) is 24.3 Å². The highest BCUT2D eigenvalue weighted by atomic mass is 35.5. The first-order valence-electron chi connectivity index (χ1n) is 20.6. The van der Waals surface area contributed by atoms with Crippen molar-refractivity contribution in [2.24, 2.45) is 4.99 Å². The monoisotopic (exact) mass is 1130 g/mol. The van der Waals surface area contributed by atoms with E-state index in [1.807, 2.05) is 0 Å². The van der Waals surface area contributed by atoms with Crippen molar-refractivity contribution in [1.82, 2.24) is 54.8 Å². The fourth-order valence-corrected chi connectivity index (χ4v) is 11.5. The number of aromatic amines is 4. The summed E-state index contributed by atoms with van der Waals surface area (Å²) < 4.78 is 171. The molecule has 0 aliphatic carbocycles. The van der Waals surface area contributed by atoms with Crippen LogP contribution in [0.2, 0.25) is 5.28 Å². The Morgan fingerprint density at radius 2 is 0.987 bits per heavy atom. The second kappa shape index (κ2) is 16.9. The first-order valence-corrected chi connectivity index (χ1v) is 28.2. The summed E-state index contributed by atoms with van der Waals surface area (Å²) in [4.78, 5) is 43.5. The second-order valence-corrected chi connectivity index (χ2v) is 23.8. The molecule has 0 saturated heterocycles. The number of hydrogen-bond donors (Lipinski definition) is 10. The van der Waals surface area contributed by atoms with Crippen molar-refractivity contribution in [3.05, 3.63) is 108 Å². The summed E-state index contributed by atoms with van der Waals surface area (Å²) in [5, 5.41) is 7.75. The molecule has 5 aromatic carbocycles. The van der Waals surface area contributed by atoms with Gasteiger partial charge in [0, 0.05) is 44.2 Å². The average Bonchev–Trinajstić information content (AvgIpc) is 4.06. The molecule has 380 valence electrons. The number of benzene rings is 5. The standard InChI is InChI=1S/C41H25ClN14O14S5/c42-39-53-40(43)55-41(54-39)44-16-1-10-30(75(68,69)70)29(11-16)56-71(57,58)17-2-6-21-25(12-17)35-46-31(21)45-32-22-7-3-19(73(62,63)64)14-27(22)37(47-32)52-38-28-15-20(74(65,66)67)5-9-24(28)34(51-38)50-36-26-13-18(72(59,60)61)4-8-23(26)33(48-35)49-36/h1-15,56H,(H,59,60,61)(H,62,63,64)(H,65,66,67)(H,68,69,70)(H3,43,44,53,54,55)(H2,45,46,47,48,49,50,51,52). The van der Waals surface area contributed by atoms with Crippen molar-refractivity contribution < 1.29 is 60.3 Å². The summed E-state index contributed by atoms with van der Waals surface area (Å²) in [5.41, 5.74) is -1.07. The predicted octanol–water partition coefficient (Wildman–Crippen LogP) is 3.98. The molecule has 0 unspecified atom stereocenters. The third-order valence-corrected chi connectivity index (χ3v) is 16.3. The van der Waals surface area contributed by atoms with E-state index in [0.717, 1.165) is 66.7 Å². The van der Waals surface area contributed by atoms with Gasteiger partial charge in [0.2, 0.25) is 16.5 Å². The molecule has 28 nitrogen and oxygen atoms in total. The zero-order valence-corrected chi connectivity index (χ0v) is 41.4. The molecule has 3 aliphatic rings. The molecule has 0 amide bonds.